The van der Waals surface area contributed by atoms with Gasteiger partial charge in [-0.05, 0) is 19.2 Å². The van der Waals surface area contributed by atoms with Gasteiger partial charge in [-0.1, -0.05) is 11.6 Å². The zero-order valence-corrected chi connectivity index (χ0v) is 11.8. The van der Waals surface area contributed by atoms with Crippen molar-refractivity contribution in [2.24, 2.45) is 5.73 Å². The summed E-state index contributed by atoms with van der Waals surface area (Å²) in [5.74, 6) is -2.19. The van der Waals surface area contributed by atoms with Crippen LogP contribution in [0.5, 0.6) is 0 Å². The topological polar surface area (TPSA) is 49.6 Å². The van der Waals surface area contributed by atoms with Crippen LogP contribution in [0.25, 0.3) is 0 Å². The smallest absolute Gasteiger partial charge is 0.257 e. The second-order valence-electron chi connectivity index (χ2n) is 4.90. The van der Waals surface area contributed by atoms with Gasteiger partial charge < -0.3 is 15.5 Å². The maximum absolute atomic E-state index is 13.8. The van der Waals surface area contributed by atoms with E-state index in [4.69, 9.17) is 17.3 Å². The Balaban J connectivity index is 2.28. The quantitative estimate of drug-likeness (QED) is 0.839. The van der Waals surface area contributed by atoms with Crippen LogP contribution >= 0.6 is 11.6 Å². The molecule has 20 heavy (non-hydrogen) atoms. The van der Waals surface area contributed by atoms with Crippen LogP contribution in [-0.4, -0.2) is 55.0 Å². The first-order chi connectivity index (χ1) is 9.43. The van der Waals surface area contributed by atoms with Gasteiger partial charge in [-0.15, -0.1) is 0 Å². The third kappa shape index (κ3) is 2.92. The fourth-order valence-corrected chi connectivity index (χ4v) is 2.47. The summed E-state index contributed by atoms with van der Waals surface area (Å²) in [6, 6.07) is 1.45. The van der Waals surface area contributed by atoms with Crippen LogP contribution in [0.15, 0.2) is 12.1 Å². The summed E-state index contributed by atoms with van der Waals surface area (Å²) in [6.07, 6.45) is 0. The number of hydrogen-bond donors (Lipinski definition) is 1. The summed E-state index contributed by atoms with van der Waals surface area (Å²) < 4.78 is 27.2. The van der Waals surface area contributed by atoms with E-state index in [0.717, 1.165) is 12.1 Å². The number of carbonyl (C=O) groups is 1. The lowest BCUT2D eigenvalue weighted by Gasteiger charge is -2.39. The standard InChI is InChI=1S/C13H16ClF2N3O/c1-18-2-3-19(8(6-17)7-18)13(20)9-4-12(16)10(14)5-11(9)15/h4-5,8H,2-3,6-7,17H2,1H3. The van der Waals surface area contributed by atoms with Gasteiger partial charge in [0.2, 0.25) is 0 Å². The Bertz CT molecular complexity index is 527. The summed E-state index contributed by atoms with van der Waals surface area (Å²) in [6.45, 7) is 1.98. The number of nitrogens with two attached hydrogens (primary N) is 1. The molecule has 2 N–H and O–H groups in total. The van der Waals surface area contributed by atoms with Crippen molar-refractivity contribution in [1.29, 1.82) is 0 Å². The molecule has 4 nitrogen and oxygen atoms in total. The van der Waals surface area contributed by atoms with Crippen molar-refractivity contribution in [3.63, 3.8) is 0 Å². The molecule has 0 spiro atoms. The van der Waals surface area contributed by atoms with E-state index >= 15 is 0 Å². The van der Waals surface area contributed by atoms with Crippen LogP contribution in [0, 0.1) is 11.6 Å². The summed E-state index contributed by atoms with van der Waals surface area (Å²) in [5.41, 5.74) is 5.34. The fourth-order valence-electron chi connectivity index (χ4n) is 2.32. The highest BCUT2D eigenvalue weighted by Crippen LogP contribution is 2.22. The predicted molar refractivity (Wildman–Crippen MR) is 72.7 cm³/mol. The van der Waals surface area contributed by atoms with Gasteiger partial charge in [0.05, 0.1) is 16.6 Å². The summed E-state index contributed by atoms with van der Waals surface area (Å²) in [7, 11) is 1.92. The molecule has 1 amide bonds. The van der Waals surface area contributed by atoms with Gasteiger partial charge in [0.15, 0.2) is 0 Å². The Morgan fingerprint density at radius 3 is 2.75 bits per heavy atom. The van der Waals surface area contributed by atoms with Crippen molar-refractivity contribution < 1.29 is 13.6 Å². The Kier molecular flexibility index (Phi) is 4.57. The third-order valence-corrected chi connectivity index (χ3v) is 3.75. The Morgan fingerprint density at radius 2 is 2.10 bits per heavy atom. The maximum Gasteiger partial charge on any atom is 0.257 e. The van der Waals surface area contributed by atoms with E-state index < -0.39 is 17.5 Å². The molecule has 110 valence electrons. The average molecular weight is 304 g/mol. The summed E-state index contributed by atoms with van der Waals surface area (Å²) >= 11 is 5.48. The molecule has 1 aromatic rings. The molecule has 1 aliphatic heterocycles. The first-order valence-electron chi connectivity index (χ1n) is 6.28. The number of rotatable bonds is 2. The molecular weight excluding hydrogens is 288 g/mol. The largest absolute Gasteiger partial charge is 0.332 e. The van der Waals surface area contributed by atoms with Crippen molar-refractivity contribution in [2.45, 2.75) is 6.04 Å². The first kappa shape index (κ1) is 15.2. The van der Waals surface area contributed by atoms with Gasteiger partial charge in [0.1, 0.15) is 11.6 Å². The molecule has 0 radical (unpaired) electrons. The van der Waals surface area contributed by atoms with E-state index in [-0.39, 0.29) is 23.2 Å². The molecule has 7 heteroatoms. The van der Waals surface area contributed by atoms with Crippen molar-refractivity contribution in [1.82, 2.24) is 9.80 Å². The van der Waals surface area contributed by atoms with Crippen LogP contribution < -0.4 is 5.73 Å². The van der Waals surface area contributed by atoms with Gasteiger partial charge in [-0.2, -0.15) is 0 Å². The minimum atomic E-state index is -0.823. The van der Waals surface area contributed by atoms with Crippen molar-refractivity contribution in [2.75, 3.05) is 33.2 Å². The maximum atomic E-state index is 13.8. The van der Waals surface area contributed by atoms with Crippen LogP contribution in [0.4, 0.5) is 8.78 Å². The average Bonchev–Trinajstić information content (AvgIpc) is 2.42. The van der Waals surface area contributed by atoms with Crippen LogP contribution in [0.3, 0.4) is 0 Å². The number of hydrogen-bond acceptors (Lipinski definition) is 3. The van der Waals surface area contributed by atoms with Crippen LogP contribution in [0.2, 0.25) is 5.02 Å². The number of benzene rings is 1. The van der Waals surface area contributed by atoms with E-state index in [1.54, 1.807) is 0 Å². The lowest BCUT2D eigenvalue weighted by Crippen LogP contribution is -2.56. The van der Waals surface area contributed by atoms with Crippen LogP contribution in [-0.2, 0) is 0 Å². The van der Waals surface area contributed by atoms with Crippen LogP contribution in [0.1, 0.15) is 10.4 Å². The van der Waals surface area contributed by atoms with Crippen molar-refractivity contribution >= 4 is 17.5 Å². The minimum Gasteiger partial charge on any atom is -0.332 e. The van der Waals surface area contributed by atoms with Gasteiger partial charge >= 0.3 is 0 Å². The molecule has 1 heterocycles. The molecule has 0 aromatic heterocycles. The summed E-state index contributed by atoms with van der Waals surface area (Å²) in [4.78, 5) is 15.9. The molecule has 1 atom stereocenters. The monoisotopic (exact) mass is 303 g/mol. The SMILES string of the molecule is CN1CCN(C(=O)c2cc(F)c(Cl)cc2F)C(CN)C1. The van der Waals surface area contributed by atoms with Gasteiger partial charge in [-0.3, -0.25) is 4.79 Å². The molecule has 0 aliphatic carbocycles. The van der Waals surface area contributed by atoms with Gasteiger partial charge in [-0.25, -0.2) is 8.78 Å². The van der Waals surface area contributed by atoms with Gasteiger partial charge in [0.25, 0.3) is 5.91 Å². The van der Waals surface area contributed by atoms with Crippen molar-refractivity contribution in [3.8, 4) is 0 Å². The molecule has 2 rings (SSSR count). The number of amides is 1. The Morgan fingerprint density at radius 1 is 1.40 bits per heavy atom. The fraction of sp³-hybridized carbons (Fsp3) is 0.462. The lowest BCUT2D eigenvalue weighted by atomic mass is 10.1. The molecule has 1 fully saturated rings. The number of nitrogens with zero attached hydrogens (tertiary/aromatic N) is 2. The van der Waals surface area contributed by atoms with E-state index in [1.165, 1.54) is 4.90 Å². The highest BCUT2D eigenvalue weighted by Gasteiger charge is 2.30. The third-order valence-electron chi connectivity index (χ3n) is 3.46. The zero-order valence-electron chi connectivity index (χ0n) is 11.1. The lowest BCUT2D eigenvalue weighted by molar-refractivity contribution is 0.0511. The molecule has 1 aliphatic rings. The molecule has 0 saturated carbocycles. The van der Waals surface area contributed by atoms with Gasteiger partial charge in [0, 0.05) is 26.2 Å². The second-order valence-corrected chi connectivity index (χ2v) is 5.30. The van der Waals surface area contributed by atoms with E-state index in [2.05, 4.69) is 0 Å². The summed E-state index contributed by atoms with van der Waals surface area (Å²) in [5, 5.41) is -0.340. The normalized spacial score (nSPS) is 20.2. The molecule has 1 unspecified atom stereocenters. The van der Waals surface area contributed by atoms with E-state index in [1.807, 2.05) is 11.9 Å². The predicted octanol–water partition coefficient (Wildman–Crippen LogP) is 1.33. The van der Waals surface area contributed by atoms with E-state index in [0.29, 0.717) is 19.6 Å². The second kappa shape index (κ2) is 6.03. The first-order valence-corrected chi connectivity index (χ1v) is 6.66. The molecular formula is C13H16ClF2N3O. The zero-order chi connectivity index (χ0) is 14.9. The molecule has 1 saturated heterocycles. The number of likely N-dealkylation sites (N-methyl/N-ethyl adjacent to an activating group) is 1. The number of halogens is 3. The highest BCUT2D eigenvalue weighted by atomic mass is 35.5. The Hall–Kier alpha value is -1.24. The highest BCUT2D eigenvalue weighted by molar-refractivity contribution is 6.30. The Labute approximate surface area is 121 Å². The molecule has 0 bridgehead atoms. The minimum absolute atomic E-state index is 0.209. The van der Waals surface area contributed by atoms with Crippen molar-refractivity contribution in [3.05, 3.63) is 34.4 Å². The number of carbonyl (C=O) groups excluding carboxylic acids is 1. The number of piperazine rings is 1. The van der Waals surface area contributed by atoms with E-state index in [9.17, 15) is 13.6 Å². The molecule has 1 aromatic carbocycles.